The van der Waals surface area contributed by atoms with Crippen molar-refractivity contribution in [2.24, 2.45) is 0 Å². The molecule has 0 N–H and O–H groups in total. The van der Waals surface area contributed by atoms with Crippen LogP contribution in [0.5, 0.6) is 0 Å². The zero-order valence-corrected chi connectivity index (χ0v) is 33.6. The highest BCUT2D eigenvalue weighted by Crippen LogP contribution is 2.41. The fraction of sp³-hybridized carbons (Fsp3) is 0.0690. The minimum Gasteiger partial charge on any atom is -0.309 e. The first-order valence-electron chi connectivity index (χ1n) is 21.3. The van der Waals surface area contributed by atoms with Gasteiger partial charge in [-0.25, -0.2) is 0 Å². The molecule has 60 heavy (non-hydrogen) atoms. The van der Waals surface area contributed by atoms with Crippen LogP contribution in [0.1, 0.15) is 25.3 Å². The zero-order valence-electron chi connectivity index (χ0n) is 33.6. The van der Waals surface area contributed by atoms with Crippen molar-refractivity contribution in [3.8, 4) is 33.6 Å². The van der Waals surface area contributed by atoms with Crippen LogP contribution in [0.2, 0.25) is 0 Å². The molecule has 284 valence electrons. The number of nitrogens with zero attached hydrogens (tertiary/aromatic N) is 2. The Morgan fingerprint density at radius 1 is 0.300 bits per heavy atom. The summed E-state index contributed by atoms with van der Waals surface area (Å²) in [5.74, 6) is 0. The molecule has 2 heterocycles. The number of fused-ring (bicyclic) bond motifs is 12. The Hall–Kier alpha value is -7.42. The number of benzene rings is 10. The molecule has 12 rings (SSSR count). The normalized spacial score (nSPS) is 11.9. The van der Waals surface area contributed by atoms with Gasteiger partial charge in [0.25, 0.3) is 0 Å². The highest BCUT2D eigenvalue weighted by atomic mass is 15.0. The lowest BCUT2D eigenvalue weighted by molar-refractivity contribution is 0.795. The van der Waals surface area contributed by atoms with Crippen LogP contribution < -0.4 is 0 Å². The van der Waals surface area contributed by atoms with E-state index < -0.39 is 0 Å². The Kier molecular flexibility index (Phi) is 7.99. The van der Waals surface area contributed by atoms with E-state index >= 15 is 0 Å². The molecule has 0 amide bonds. The first-order chi connectivity index (χ1) is 29.7. The van der Waals surface area contributed by atoms with Gasteiger partial charge in [0, 0.05) is 32.9 Å². The molecule has 0 saturated heterocycles. The molecule has 0 aliphatic rings. The van der Waals surface area contributed by atoms with E-state index in [4.69, 9.17) is 0 Å². The monoisotopic (exact) mass is 766 g/mol. The van der Waals surface area contributed by atoms with Gasteiger partial charge >= 0.3 is 0 Å². The molecule has 2 nitrogen and oxygen atoms in total. The van der Waals surface area contributed by atoms with Crippen molar-refractivity contribution < 1.29 is 0 Å². The van der Waals surface area contributed by atoms with Crippen LogP contribution in [-0.2, 0) is 6.42 Å². The van der Waals surface area contributed by atoms with Gasteiger partial charge in [-0.3, -0.25) is 0 Å². The predicted molar refractivity (Wildman–Crippen MR) is 257 cm³/mol. The summed E-state index contributed by atoms with van der Waals surface area (Å²) in [4.78, 5) is 0. The van der Waals surface area contributed by atoms with Gasteiger partial charge in [-0.2, -0.15) is 0 Å². The highest BCUT2D eigenvalue weighted by molar-refractivity contribution is 6.25. The summed E-state index contributed by atoms with van der Waals surface area (Å²) in [6.45, 7) is 2.26. The Balaban J connectivity index is 0.989. The molecule has 0 atom stereocenters. The number of unbranched alkanes of at least 4 members (excludes halogenated alkanes) is 1. The molecule has 0 unspecified atom stereocenters. The summed E-state index contributed by atoms with van der Waals surface area (Å²) in [5.41, 5.74) is 13.5. The van der Waals surface area contributed by atoms with Gasteiger partial charge in [0.15, 0.2) is 0 Å². The van der Waals surface area contributed by atoms with Crippen molar-refractivity contribution in [3.63, 3.8) is 0 Å². The van der Waals surface area contributed by atoms with E-state index in [1.807, 2.05) is 0 Å². The molecule has 12 aromatic rings. The summed E-state index contributed by atoms with van der Waals surface area (Å²) < 4.78 is 4.88. The van der Waals surface area contributed by atoms with Gasteiger partial charge in [0.2, 0.25) is 0 Å². The second-order valence-electron chi connectivity index (χ2n) is 16.3. The maximum absolute atomic E-state index is 2.45. The smallest absolute Gasteiger partial charge is 0.0541 e. The maximum atomic E-state index is 2.45. The number of rotatable bonds is 7. The fourth-order valence-electron chi connectivity index (χ4n) is 10.0. The van der Waals surface area contributed by atoms with Crippen molar-refractivity contribution >= 4 is 75.9 Å². The summed E-state index contributed by atoms with van der Waals surface area (Å²) in [5, 5.41) is 12.8. The van der Waals surface area contributed by atoms with Gasteiger partial charge in [-0.05, 0) is 134 Å². The lowest BCUT2D eigenvalue weighted by atomic mass is 9.94. The second kappa shape index (κ2) is 13.9. The van der Waals surface area contributed by atoms with Crippen LogP contribution in [0.4, 0.5) is 0 Å². The SMILES string of the molecule is CCCCc1cccc(-c2cccc(-n3c4ccccc4c4cc(-c5ccc6c(c5)c5ccccc5n6-c5ccc6c7ccccc7c7ccccc7c6c5)ccc43)c2)c1. The lowest BCUT2D eigenvalue weighted by Gasteiger charge is -2.14. The van der Waals surface area contributed by atoms with E-state index in [9.17, 15) is 0 Å². The largest absolute Gasteiger partial charge is 0.309 e. The van der Waals surface area contributed by atoms with Crippen molar-refractivity contribution in [2.75, 3.05) is 0 Å². The molecule has 0 aliphatic heterocycles. The van der Waals surface area contributed by atoms with E-state index in [-0.39, 0.29) is 0 Å². The Morgan fingerprint density at radius 3 is 1.33 bits per heavy atom. The van der Waals surface area contributed by atoms with Crippen LogP contribution in [0, 0.1) is 0 Å². The van der Waals surface area contributed by atoms with E-state index in [1.165, 1.54) is 128 Å². The number of aryl methyl sites for hydroxylation is 1. The van der Waals surface area contributed by atoms with Crippen LogP contribution in [0.3, 0.4) is 0 Å². The number of hydrogen-bond acceptors (Lipinski definition) is 0. The van der Waals surface area contributed by atoms with Crippen molar-refractivity contribution in [2.45, 2.75) is 26.2 Å². The van der Waals surface area contributed by atoms with Crippen LogP contribution in [-0.4, -0.2) is 9.13 Å². The first-order valence-corrected chi connectivity index (χ1v) is 21.3. The third kappa shape index (κ3) is 5.41. The third-order valence-electron chi connectivity index (χ3n) is 12.8. The molecule has 10 aromatic carbocycles. The molecule has 0 saturated carbocycles. The van der Waals surface area contributed by atoms with Gasteiger partial charge in [-0.1, -0.05) is 153 Å². The van der Waals surface area contributed by atoms with Gasteiger partial charge in [0.05, 0.1) is 22.1 Å². The number of hydrogen-bond donors (Lipinski definition) is 0. The van der Waals surface area contributed by atoms with E-state index in [2.05, 4.69) is 216 Å². The molecular weight excluding hydrogens is 725 g/mol. The highest BCUT2D eigenvalue weighted by Gasteiger charge is 2.18. The molecular formula is C58H42N2. The quantitative estimate of drug-likeness (QED) is 0.143. The minimum atomic E-state index is 1.12. The Bertz CT molecular complexity index is 3620. The Morgan fingerprint density at radius 2 is 0.750 bits per heavy atom. The van der Waals surface area contributed by atoms with Crippen molar-refractivity contribution in [3.05, 3.63) is 206 Å². The fourth-order valence-corrected chi connectivity index (χ4v) is 10.0. The average Bonchev–Trinajstić information content (AvgIpc) is 3.83. The number of para-hydroxylation sites is 2. The zero-order chi connectivity index (χ0) is 39.7. The number of aromatic nitrogens is 2. The van der Waals surface area contributed by atoms with Crippen molar-refractivity contribution in [1.29, 1.82) is 0 Å². The molecule has 0 spiro atoms. The molecule has 2 heteroatoms. The van der Waals surface area contributed by atoms with E-state index in [1.54, 1.807) is 0 Å². The van der Waals surface area contributed by atoms with Crippen LogP contribution in [0.15, 0.2) is 200 Å². The molecule has 0 aliphatic carbocycles. The summed E-state index contributed by atoms with van der Waals surface area (Å²) in [6.07, 6.45) is 3.54. The summed E-state index contributed by atoms with van der Waals surface area (Å²) >= 11 is 0. The summed E-state index contributed by atoms with van der Waals surface area (Å²) in [6, 6.07) is 74.5. The van der Waals surface area contributed by atoms with Gasteiger partial charge in [-0.15, -0.1) is 0 Å². The first kappa shape index (κ1) is 34.6. The molecule has 0 bridgehead atoms. The maximum Gasteiger partial charge on any atom is 0.0541 e. The molecule has 0 radical (unpaired) electrons. The van der Waals surface area contributed by atoms with E-state index in [0.717, 1.165) is 6.42 Å². The van der Waals surface area contributed by atoms with Gasteiger partial charge < -0.3 is 9.13 Å². The minimum absolute atomic E-state index is 1.12. The van der Waals surface area contributed by atoms with Crippen molar-refractivity contribution in [1.82, 2.24) is 9.13 Å². The predicted octanol–water partition coefficient (Wildman–Crippen LogP) is 16.0. The van der Waals surface area contributed by atoms with Gasteiger partial charge in [0.1, 0.15) is 0 Å². The third-order valence-corrected chi connectivity index (χ3v) is 12.8. The lowest BCUT2D eigenvalue weighted by Crippen LogP contribution is -1.95. The van der Waals surface area contributed by atoms with Crippen LogP contribution >= 0.6 is 0 Å². The summed E-state index contributed by atoms with van der Waals surface area (Å²) in [7, 11) is 0. The molecule has 2 aromatic heterocycles. The van der Waals surface area contributed by atoms with E-state index in [0.29, 0.717) is 0 Å². The molecule has 0 fully saturated rings. The van der Waals surface area contributed by atoms with Crippen LogP contribution in [0.25, 0.3) is 110 Å². The second-order valence-corrected chi connectivity index (χ2v) is 16.3. The standard InChI is InChI=1S/C58H42N2/c1-2-3-14-38-15-12-16-39(33-38)40-17-13-18-43(34-40)59-55-25-10-8-23-50(55)53-35-41(27-31-57(53)59)42-28-32-58-54(36-42)51-24-9-11-26-56(51)60(58)44-29-30-49-47-21-5-4-19-45(47)46-20-6-7-22-48(46)52(49)37-44/h4-13,15-37H,2-3,14H2,1H3. The topological polar surface area (TPSA) is 9.86 Å². The average molecular weight is 767 g/mol. The Labute approximate surface area is 349 Å².